The fraction of sp³-hybridized carbons (Fsp3) is 0.167. The molecule has 0 spiro atoms. The Morgan fingerprint density at radius 1 is 1.08 bits per heavy atom. The number of oxazole rings is 2. The number of H-pyrrole nitrogens is 1. The molecular formula is C24H15F4N5O3. The SMILES string of the molecule is O=C(c1cnc(-c2ccc(C(F)(F)F)cc2)o1)N1CCc2[nH]cnc2[C@H]1c1nc2cc(F)ccc2o1. The van der Waals surface area contributed by atoms with E-state index in [-0.39, 0.29) is 29.6 Å². The zero-order valence-electron chi connectivity index (χ0n) is 18.2. The van der Waals surface area contributed by atoms with Gasteiger partial charge in [-0.1, -0.05) is 0 Å². The zero-order chi connectivity index (χ0) is 25.0. The molecule has 1 atom stereocenters. The predicted octanol–water partition coefficient (Wildman–Crippen LogP) is 5.15. The van der Waals surface area contributed by atoms with E-state index in [0.29, 0.717) is 23.2 Å². The van der Waals surface area contributed by atoms with E-state index in [4.69, 9.17) is 8.83 Å². The number of halogens is 4. The Balaban J connectivity index is 1.34. The van der Waals surface area contributed by atoms with Crippen molar-refractivity contribution in [1.29, 1.82) is 0 Å². The number of carbonyl (C=O) groups is 1. The summed E-state index contributed by atoms with van der Waals surface area (Å²) in [6.07, 6.45) is -1.27. The van der Waals surface area contributed by atoms with E-state index < -0.39 is 29.5 Å². The first-order valence-corrected chi connectivity index (χ1v) is 10.8. The van der Waals surface area contributed by atoms with Gasteiger partial charge in [-0.2, -0.15) is 13.2 Å². The van der Waals surface area contributed by atoms with Crippen LogP contribution in [-0.2, 0) is 12.6 Å². The van der Waals surface area contributed by atoms with Gasteiger partial charge >= 0.3 is 6.18 Å². The van der Waals surface area contributed by atoms with Crippen LogP contribution in [0.5, 0.6) is 0 Å². The first kappa shape index (κ1) is 22.0. The minimum Gasteiger partial charge on any atom is -0.438 e. The molecule has 0 saturated heterocycles. The van der Waals surface area contributed by atoms with Crippen LogP contribution in [-0.4, -0.2) is 37.3 Å². The third kappa shape index (κ3) is 3.70. The molecule has 1 aliphatic heterocycles. The smallest absolute Gasteiger partial charge is 0.416 e. The first-order chi connectivity index (χ1) is 17.3. The Morgan fingerprint density at radius 3 is 2.67 bits per heavy atom. The normalized spacial score (nSPS) is 15.9. The van der Waals surface area contributed by atoms with Crippen molar-refractivity contribution in [2.24, 2.45) is 0 Å². The van der Waals surface area contributed by atoms with E-state index >= 15 is 0 Å². The van der Waals surface area contributed by atoms with Crippen molar-refractivity contribution in [2.45, 2.75) is 18.6 Å². The van der Waals surface area contributed by atoms with Gasteiger partial charge in [0.15, 0.2) is 11.6 Å². The maximum atomic E-state index is 13.7. The Bertz CT molecular complexity index is 1590. The van der Waals surface area contributed by atoms with E-state index in [1.165, 1.54) is 47.8 Å². The summed E-state index contributed by atoms with van der Waals surface area (Å²) in [5.41, 5.74) is 1.46. The van der Waals surface area contributed by atoms with Crippen LogP contribution in [0.4, 0.5) is 17.6 Å². The number of alkyl halides is 3. The number of imidazole rings is 1. The number of nitrogens with zero attached hydrogens (tertiary/aromatic N) is 4. The maximum Gasteiger partial charge on any atom is 0.416 e. The molecule has 2 aromatic carbocycles. The van der Waals surface area contributed by atoms with Gasteiger partial charge in [0.05, 0.1) is 23.8 Å². The number of amides is 1. The summed E-state index contributed by atoms with van der Waals surface area (Å²) in [5, 5.41) is 0. The summed E-state index contributed by atoms with van der Waals surface area (Å²) in [6, 6.07) is 7.39. The molecule has 36 heavy (non-hydrogen) atoms. The van der Waals surface area contributed by atoms with E-state index in [0.717, 1.165) is 17.8 Å². The van der Waals surface area contributed by atoms with E-state index in [9.17, 15) is 22.4 Å². The van der Waals surface area contributed by atoms with Crippen LogP contribution in [0.15, 0.2) is 63.8 Å². The summed E-state index contributed by atoms with van der Waals surface area (Å²) < 4.78 is 63.7. The van der Waals surface area contributed by atoms with Gasteiger partial charge in [-0.05, 0) is 36.4 Å². The van der Waals surface area contributed by atoms with Gasteiger partial charge in [0, 0.05) is 30.3 Å². The minimum absolute atomic E-state index is 0.00145. The monoisotopic (exact) mass is 497 g/mol. The number of hydrogen-bond donors (Lipinski definition) is 1. The molecule has 0 fully saturated rings. The van der Waals surface area contributed by atoms with Crippen LogP contribution in [0.1, 0.15) is 39.4 Å². The Hall–Kier alpha value is -4.48. The van der Waals surface area contributed by atoms with Crippen molar-refractivity contribution < 1.29 is 31.2 Å². The highest BCUT2D eigenvalue weighted by atomic mass is 19.4. The van der Waals surface area contributed by atoms with E-state index in [1.807, 2.05) is 0 Å². The summed E-state index contributed by atoms with van der Waals surface area (Å²) in [7, 11) is 0. The average Bonchev–Trinajstić information content (AvgIpc) is 3.61. The summed E-state index contributed by atoms with van der Waals surface area (Å²) in [5.74, 6) is -0.974. The standard InChI is InChI=1S/C24H15F4N5O3/c25-14-5-6-17-16(9-14)32-22(35-17)20-19-15(30-11-31-19)7-8-33(20)23(34)18-10-29-21(36-18)12-1-3-13(4-2-12)24(26,27)28/h1-6,9-11,20H,7-8H2,(H,30,31)/t20-/m0/s1. The molecule has 6 rings (SSSR count). The number of hydrogen-bond acceptors (Lipinski definition) is 6. The molecule has 0 unspecified atom stereocenters. The highest BCUT2D eigenvalue weighted by Gasteiger charge is 2.39. The lowest BCUT2D eigenvalue weighted by Crippen LogP contribution is -2.40. The van der Waals surface area contributed by atoms with Crippen molar-refractivity contribution in [3.8, 4) is 11.5 Å². The largest absolute Gasteiger partial charge is 0.438 e. The number of fused-ring (bicyclic) bond motifs is 2. The van der Waals surface area contributed by atoms with Gasteiger partial charge in [0.1, 0.15) is 11.3 Å². The molecule has 0 radical (unpaired) electrons. The summed E-state index contributed by atoms with van der Waals surface area (Å²) >= 11 is 0. The molecule has 3 aromatic heterocycles. The number of nitrogens with one attached hydrogen (secondary N) is 1. The van der Waals surface area contributed by atoms with Gasteiger partial charge < -0.3 is 18.7 Å². The van der Waals surface area contributed by atoms with Crippen LogP contribution >= 0.6 is 0 Å². The molecule has 0 saturated carbocycles. The molecule has 5 aromatic rings. The van der Waals surface area contributed by atoms with Gasteiger partial charge in [0.2, 0.25) is 17.5 Å². The minimum atomic E-state index is -4.47. The molecule has 1 aliphatic rings. The van der Waals surface area contributed by atoms with Gasteiger partial charge in [-0.3, -0.25) is 4.79 Å². The van der Waals surface area contributed by atoms with Gasteiger partial charge in [0.25, 0.3) is 5.91 Å². The fourth-order valence-electron chi connectivity index (χ4n) is 4.23. The number of aromatic amines is 1. The van der Waals surface area contributed by atoms with Crippen LogP contribution < -0.4 is 0 Å². The van der Waals surface area contributed by atoms with Crippen LogP contribution in [0.2, 0.25) is 0 Å². The van der Waals surface area contributed by atoms with E-state index in [1.54, 1.807) is 0 Å². The third-order valence-corrected chi connectivity index (χ3v) is 5.96. The first-order valence-electron chi connectivity index (χ1n) is 10.8. The lowest BCUT2D eigenvalue weighted by atomic mass is 10.0. The van der Waals surface area contributed by atoms with Crippen molar-refractivity contribution in [3.05, 3.63) is 89.4 Å². The van der Waals surface area contributed by atoms with Crippen LogP contribution in [0.3, 0.4) is 0 Å². The molecule has 0 aliphatic carbocycles. The highest BCUT2D eigenvalue weighted by Crippen LogP contribution is 2.36. The van der Waals surface area contributed by atoms with Crippen LogP contribution in [0, 0.1) is 5.82 Å². The van der Waals surface area contributed by atoms with Crippen molar-refractivity contribution in [3.63, 3.8) is 0 Å². The fourth-order valence-corrected chi connectivity index (χ4v) is 4.23. The lowest BCUT2D eigenvalue weighted by molar-refractivity contribution is -0.137. The Morgan fingerprint density at radius 2 is 1.89 bits per heavy atom. The molecule has 1 N–H and O–H groups in total. The molecule has 12 heteroatoms. The maximum absolute atomic E-state index is 13.7. The molecule has 8 nitrogen and oxygen atoms in total. The second kappa shape index (κ2) is 8.04. The summed E-state index contributed by atoms with van der Waals surface area (Å²) in [4.78, 5) is 30.8. The van der Waals surface area contributed by atoms with Crippen molar-refractivity contribution in [2.75, 3.05) is 6.54 Å². The predicted molar refractivity (Wildman–Crippen MR) is 116 cm³/mol. The number of carbonyl (C=O) groups excluding carboxylic acids is 1. The van der Waals surface area contributed by atoms with Crippen molar-refractivity contribution >= 4 is 17.0 Å². The Labute approximate surface area is 199 Å². The molecule has 182 valence electrons. The zero-order valence-corrected chi connectivity index (χ0v) is 18.2. The number of rotatable bonds is 3. The molecule has 1 amide bonds. The molecular weight excluding hydrogens is 482 g/mol. The highest BCUT2D eigenvalue weighted by molar-refractivity contribution is 5.92. The average molecular weight is 497 g/mol. The quantitative estimate of drug-likeness (QED) is 0.346. The second-order valence-electron chi connectivity index (χ2n) is 8.19. The van der Waals surface area contributed by atoms with Gasteiger partial charge in [-0.15, -0.1) is 0 Å². The molecule has 4 heterocycles. The third-order valence-electron chi connectivity index (χ3n) is 5.96. The number of benzene rings is 2. The second-order valence-corrected chi connectivity index (χ2v) is 8.19. The van der Waals surface area contributed by atoms with Crippen molar-refractivity contribution in [1.82, 2.24) is 24.8 Å². The lowest BCUT2D eigenvalue weighted by Gasteiger charge is -2.32. The van der Waals surface area contributed by atoms with E-state index in [2.05, 4.69) is 19.9 Å². The topological polar surface area (TPSA) is 101 Å². The summed E-state index contributed by atoms with van der Waals surface area (Å²) in [6.45, 7) is 0.266. The Kier molecular flexibility index (Phi) is 4.92. The van der Waals surface area contributed by atoms with Crippen LogP contribution in [0.25, 0.3) is 22.6 Å². The van der Waals surface area contributed by atoms with Gasteiger partial charge in [-0.25, -0.2) is 19.3 Å². The number of aromatic nitrogens is 4. The molecule has 0 bridgehead atoms.